The van der Waals surface area contributed by atoms with Crippen molar-refractivity contribution in [2.24, 2.45) is 0 Å². The lowest BCUT2D eigenvalue weighted by Gasteiger charge is -1.98. The van der Waals surface area contributed by atoms with Gasteiger partial charge in [0.1, 0.15) is 0 Å². The molecular formula is C9H7BrN2. The van der Waals surface area contributed by atoms with Crippen LogP contribution in [0.4, 0.5) is 0 Å². The molecule has 0 unspecified atom stereocenters. The Bertz CT molecular complexity index is 368. The van der Waals surface area contributed by atoms with Crippen LogP contribution in [0.3, 0.4) is 0 Å². The Morgan fingerprint density at radius 1 is 1.25 bits per heavy atom. The number of nitrogens with zero attached hydrogens (tertiary/aromatic N) is 1. The number of benzene rings is 1. The second-order valence-corrected chi connectivity index (χ2v) is 3.29. The van der Waals surface area contributed by atoms with E-state index in [4.69, 9.17) is 0 Å². The molecule has 0 saturated heterocycles. The molecule has 0 spiro atoms. The molecule has 1 aromatic carbocycles. The first kappa shape index (κ1) is 7.55. The first-order valence-electron chi connectivity index (χ1n) is 3.61. The highest BCUT2D eigenvalue weighted by atomic mass is 79.9. The van der Waals surface area contributed by atoms with Gasteiger partial charge < -0.3 is 4.98 Å². The number of aromatic amines is 1. The highest BCUT2D eigenvalue weighted by molar-refractivity contribution is 9.10. The molecule has 2 nitrogen and oxygen atoms in total. The van der Waals surface area contributed by atoms with Gasteiger partial charge >= 0.3 is 0 Å². The largest absolute Gasteiger partial charge is 0.351 e. The number of nitrogens with one attached hydrogen (secondary N) is 1. The first-order valence-corrected chi connectivity index (χ1v) is 4.41. The summed E-state index contributed by atoms with van der Waals surface area (Å²) in [6.07, 6.45) is 3.55. The van der Waals surface area contributed by atoms with E-state index in [0.717, 1.165) is 15.7 Å². The molecule has 0 bridgehead atoms. The van der Waals surface area contributed by atoms with Gasteiger partial charge in [0.25, 0.3) is 0 Å². The SMILES string of the molecule is Brc1ccccc1-c1c[nH]cn1. The van der Waals surface area contributed by atoms with Crippen LogP contribution in [0.15, 0.2) is 41.3 Å². The molecule has 12 heavy (non-hydrogen) atoms. The maximum atomic E-state index is 4.16. The summed E-state index contributed by atoms with van der Waals surface area (Å²) in [5.74, 6) is 0. The maximum Gasteiger partial charge on any atom is 0.0927 e. The Balaban J connectivity index is 2.55. The molecule has 0 aliphatic rings. The number of halogens is 1. The van der Waals surface area contributed by atoms with Gasteiger partial charge in [0.05, 0.1) is 12.0 Å². The van der Waals surface area contributed by atoms with Crippen LogP contribution in [0.1, 0.15) is 0 Å². The lowest BCUT2D eigenvalue weighted by molar-refractivity contribution is 1.31. The van der Waals surface area contributed by atoms with Crippen LogP contribution >= 0.6 is 15.9 Å². The molecule has 0 atom stereocenters. The molecule has 0 fully saturated rings. The Hall–Kier alpha value is -1.09. The molecule has 2 aromatic rings. The summed E-state index contributed by atoms with van der Waals surface area (Å²) in [6.45, 7) is 0. The van der Waals surface area contributed by atoms with Crippen molar-refractivity contribution in [1.29, 1.82) is 0 Å². The molecule has 60 valence electrons. The van der Waals surface area contributed by atoms with Gasteiger partial charge in [0, 0.05) is 16.2 Å². The monoisotopic (exact) mass is 222 g/mol. The third kappa shape index (κ3) is 1.28. The summed E-state index contributed by atoms with van der Waals surface area (Å²) >= 11 is 3.46. The van der Waals surface area contributed by atoms with Gasteiger partial charge in [0.2, 0.25) is 0 Å². The van der Waals surface area contributed by atoms with Gasteiger partial charge in [-0.1, -0.05) is 34.1 Å². The van der Waals surface area contributed by atoms with Gasteiger partial charge in [-0.3, -0.25) is 0 Å². The van der Waals surface area contributed by atoms with E-state index in [1.54, 1.807) is 6.33 Å². The van der Waals surface area contributed by atoms with Crippen LogP contribution in [-0.4, -0.2) is 9.97 Å². The topological polar surface area (TPSA) is 28.7 Å². The molecular weight excluding hydrogens is 216 g/mol. The predicted octanol–water partition coefficient (Wildman–Crippen LogP) is 2.84. The van der Waals surface area contributed by atoms with Gasteiger partial charge in [-0.25, -0.2) is 4.98 Å². The second kappa shape index (κ2) is 3.11. The van der Waals surface area contributed by atoms with Gasteiger partial charge in [-0.2, -0.15) is 0 Å². The van der Waals surface area contributed by atoms with Crippen LogP contribution in [0.25, 0.3) is 11.3 Å². The quantitative estimate of drug-likeness (QED) is 0.791. The van der Waals surface area contributed by atoms with Crippen LogP contribution in [0.2, 0.25) is 0 Å². The van der Waals surface area contributed by atoms with E-state index in [1.165, 1.54) is 0 Å². The Morgan fingerprint density at radius 2 is 2.08 bits per heavy atom. The fourth-order valence-corrected chi connectivity index (χ4v) is 1.56. The minimum absolute atomic E-state index is 0.961. The summed E-state index contributed by atoms with van der Waals surface area (Å²) in [5, 5.41) is 0. The summed E-state index contributed by atoms with van der Waals surface area (Å²) in [5.41, 5.74) is 2.07. The average Bonchev–Trinajstić information content (AvgIpc) is 2.57. The zero-order valence-electron chi connectivity index (χ0n) is 6.29. The third-order valence-electron chi connectivity index (χ3n) is 1.65. The molecule has 0 radical (unpaired) electrons. The first-order chi connectivity index (χ1) is 5.88. The summed E-state index contributed by atoms with van der Waals surface area (Å²) in [7, 11) is 0. The van der Waals surface area contributed by atoms with Crippen LogP contribution in [-0.2, 0) is 0 Å². The number of imidazole rings is 1. The fourth-order valence-electron chi connectivity index (χ4n) is 1.08. The minimum atomic E-state index is 0.961. The number of hydrogen-bond acceptors (Lipinski definition) is 1. The molecule has 3 heteroatoms. The van der Waals surface area contributed by atoms with Crippen molar-refractivity contribution < 1.29 is 0 Å². The summed E-state index contributed by atoms with van der Waals surface area (Å²) < 4.78 is 1.07. The van der Waals surface area contributed by atoms with Crippen LogP contribution in [0, 0.1) is 0 Å². The highest BCUT2D eigenvalue weighted by Crippen LogP contribution is 2.25. The predicted molar refractivity (Wildman–Crippen MR) is 51.7 cm³/mol. The minimum Gasteiger partial charge on any atom is -0.351 e. The number of H-pyrrole nitrogens is 1. The van der Waals surface area contributed by atoms with Gasteiger partial charge in [-0.05, 0) is 6.07 Å². The highest BCUT2D eigenvalue weighted by Gasteiger charge is 2.01. The Morgan fingerprint density at radius 3 is 2.75 bits per heavy atom. The number of hydrogen-bond donors (Lipinski definition) is 1. The van der Waals surface area contributed by atoms with E-state index in [-0.39, 0.29) is 0 Å². The lowest BCUT2D eigenvalue weighted by Crippen LogP contribution is -1.77. The van der Waals surface area contributed by atoms with Crippen molar-refractivity contribution in [3.05, 3.63) is 41.3 Å². The van der Waals surface area contributed by atoms with Gasteiger partial charge in [-0.15, -0.1) is 0 Å². The molecule has 0 aliphatic carbocycles. The van der Waals surface area contributed by atoms with Crippen molar-refractivity contribution in [3.8, 4) is 11.3 Å². The Labute approximate surface area is 78.8 Å². The number of aromatic nitrogens is 2. The lowest BCUT2D eigenvalue weighted by atomic mass is 10.2. The summed E-state index contributed by atoms with van der Waals surface area (Å²) in [4.78, 5) is 7.09. The van der Waals surface area contributed by atoms with Crippen molar-refractivity contribution in [2.45, 2.75) is 0 Å². The fraction of sp³-hybridized carbons (Fsp3) is 0. The van der Waals surface area contributed by atoms with E-state index in [9.17, 15) is 0 Å². The zero-order valence-corrected chi connectivity index (χ0v) is 7.88. The van der Waals surface area contributed by atoms with E-state index in [2.05, 4.69) is 25.9 Å². The van der Waals surface area contributed by atoms with Gasteiger partial charge in [0.15, 0.2) is 0 Å². The van der Waals surface area contributed by atoms with Crippen LogP contribution < -0.4 is 0 Å². The summed E-state index contributed by atoms with van der Waals surface area (Å²) in [6, 6.07) is 8.01. The molecule has 0 aliphatic heterocycles. The average molecular weight is 223 g/mol. The standard InChI is InChI=1S/C9H7BrN2/c10-8-4-2-1-3-7(8)9-5-11-6-12-9/h1-6H,(H,11,12). The normalized spacial score (nSPS) is 10.1. The molecule has 0 amide bonds. The van der Waals surface area contributed by atoms with E-state index < -0.39 is 0 Å². The maximum absolute atomic E-state index is 4.16. The number of rotatable bonds is 1. The molecule has 1 heterocycles. The van der Waals surface area contributed by atoms with Crippen LogP contribution in [0.5, 0.6) is 0 Å². The third-order valence-corrected chi connectivity index (χ3v) is 2.34. The van der Waals surface area contributed by atoms with Crippen molar-refractivity contribution >= 4 is 15.9 Å². The van der Waals surface area contributed by atoms with E-state index in [0.29, 0.717) is 0 Å². The van der Waals surface area contributed by atoms with Crippen molar-refractivity contribution in [1.82, 2.24) is 9.97 Å². The van der Waals surface area contributed by atoms with E-state index in [1.807, 2.05) is 30.5 Å². The molecule has 2 rings (SSSR count). The molecule has 0 saturated carbocycles. The van der Waals surface area contributed by atoms with Crippen molar-refractivity contribution in [3.63, 3.8) is 0 Å². The Kier molecular flexibility index (Phi) is 1.96. The molecule has 1 aromatic heterocycles. The van der Waals surface area contributed by atoms with E-state index >= 15 is 0 Å². The second-order valence-electron chi connectivity index (χ2n) is 2.43. The molecule has 1 N–H and O–H groups in total. The smallest absolute Gasteiger partial charge is 0.0927 e. The van der Waals surface area contributed by atoms with Crippen molar-refractivity contribution in [2.75, 3.05) is 0 Å². The zero-order chi connectivity index (χ0) is 8.39.